The van der Waals surface area contributed by atoms with Crippen molar-refractivity contribution < 1.29 is 4.42 Å². The maximum absolute atomic E-state index is 6.01. The zero-order chi connectivity index (χ0) is 19.5. The van der Waals surface area contributed by atoms with E-state index in [1.54, 1.807) is 0 Å². The molecule has 0 fully saturated rings. The number of furan rings is 1. The van der Waals surface area contributed by atoms with E-state index < -0.39 is 0 Å². The van der Waals surface area contributed by atoms with Gasteiger partial charge < -0.3 is 14.6 Å². The van der Waals surface area contributed by atoms with Gasteiger partial charge in [-0.1, -0.05) is 48.7 Å². The number of nitrogens with one attached hydrogen (secondary N) is 1. The first-order chi connectivity index (χ1) is 13.1. The van der Waals surface area contributed by atoms with Gasteiger partial charge in [0.1, 0.15) is 11.5 Å². The fourth-order valence-corrected chi connectivity index (χ4v) is 3.41. The number of benzene rings is 1. The maximum atomic E-state index is 6.01. The van der Waals surface area contributed by atoms with E-state index in [1.807, 2.05) is 0 Å². The molecule has 0 aliphatic carbocycles. The highest BCUT2D eigenvalue weighted by Crippen LogP contribution is 2.26. The van der Waals surface area contributed by atoms with Crippen molar-refractivity contribution in [2.45, 2.75) is 59.4 Å². The Balaban J connectivity index is 1.72. The summed E-state index contributed by atoms with van der Waals surface area (Å²) >= 11 is 3.55. The minimum atomic E-state index is 0.791. The van der Waals surface area contributed by atoms with Gasteiger partial charge in [0, 0.05) is 10.0 Å². The molecule has 0 aliphatic rings. The standard InChI is InChI=1S/C23H35BrN2O/c1-4-6-14-26(15-7-5-2)16-8-13-25-18-21-10-12-23(27-21)20-9-11-22(24)19(3)17-20/h9-12,17,25H,4-8,13-16,18H2,1-3H3. The Morgan fingerprint density at radius 3 is 2.33 bits per heavy atom. The smallest absolute Gasteiger partial charge is 0.134 e. The number of halogens is 1. The summed E-state index contributed by atoms with van der Waals surface area (Å²) in [5.41, 5.74) is 2.35. The van der Waals surface area contributed by atoms with E-state index in [9.17, 15) is 0 Å². The van der Waals surface area contributed by atoms with Crippen LogP contribution in [0.1, 0.15) is 57.3 Å². The van der Waals surface area contributed by atoms with Crippen molar-refractivity contribution in [3.8, 4) is 11.3 Å². The molecule has 0 amide bonds. The van der Waals surface area contributed by atoms with Crippen molar-refractivity contribution in [1.29, 1.82) is 0 Å². The van der Waals surface area contributed by atoms with Gasteiger partial charge in [0.05, 0.1) is 6.54 Å². The number of unbranched alkanes of at least 4 members (excludes halogenated alkanes) is 2. The lowest BCUT2D eigenvalue weighted by molar-refractivity contribution is 0.260. The highest BCUT2D eigenvalue weighted by molar-refractivity contribution is 9.10. The lowest BCUT2D eigenvalue weighted by atomic mass is 10.1. The molecule has 2 aromatic rings. The molecule has 2 rings (SSSR count). The minimum Gasteiger partial charge on any atom is -0.460 e. The van der Waals surface area contributed by atoms with E-state index >= 15 is 0 Å². The highest BCUT2D eigenvalue weighted by atomic mass is 79.9. The molecule has 0 radical (unpaired) electrons. The molecule has 0 saturated carbocycles. The number of nitrogens with zero attached hydrogens (tertiary/aromatic N) is 1. The fraction of sp³-hybridized carbons (Fsp3) is 0.565. The van der Waals surface area contributed by atoms with Crippen LogP contribution in [-0.2, 0) is 6.54 Å². The van der Waals surface area contributed by atoms with Crippen molar-refractivity contribution >= 4 is 15.9 Å². The van der Waals surface area contributed by atoms with Crippen molar-refractivity contribution in [2.75, 3.05) is 26.2 Å². The van der Waals surface area contributed by atoms with Gasteiger partial charge in [-0.25, -0.2) is 0 Å². The molecule has 0 saturated heterocycles. The van der Waals surface area contributed by atoms with Gasteiger partial charge >= 0.3 is 0 Å². The summed E-state index contributed by atoms with van der Waals surface area (Å²) in [4.78, 5) is 2.62. The molecule has 1 aromatic heterocycles. The van der Waals surface area contributed by atoms with Gasteiger partial charge in [0.25, 0.3) is 0 Å². The van der Waals surface area contributed by atoms with E-state index in [0.717, 1.165) is 34.6 Å². The van der Waals surface area contributed by atoms with Crippen LogP contribution >= 0.6 is 15.9 Å². The first-order valence-corrected chi connectivity index (χ1v) is 11.2. The Morgan fingerprint density at radius 2 is 1.67 bits per heavy atom. The Kier molecular flexibility index (Phi) is 10.2. The number of hydrogen-bond acceptors (Lipinski definition) is 3. The van der Waals surface area contributed by atoms with Crippen LogP contribution in [0.25, 0.3) is 11.3 Å². The summed E-state index contributed by atoms with van der Waals surface area (Å²) < 4.78 is 7.14. The Hall–Kier alpha value is -1.10. The summed E-state index contributed by atoms with van der Waals surface area (Å²) in [5, 5.41) is 3.53. The third kappa shape index (κ3) is 7.81. The Bertz CT molecular complexity index is 660. The molecule has 27 heavy (non-hydrogen) atoms. The molecule has 0 aliphatic heterocycles. The number of aryl methyl sites for hydroxylation is 1. The zero-order valence-corrected chi connectivity index (χ0v) is 18.8. The van der Waals surface area contributed by atoms with Crippen LogP contribution in [0, 0.1) is 6.92 Å². The predicted molar refractivity (Wildman–Crippen MR) is 119 cm³/mol. The lowest BCUT2D eigenvalue weighted by Crippen LogP contribution is -2.29. The zero-order valence-electron chi connectivity index (χ0n) is 17.2. The van der Waals surface area contributed by atoms with Crippen LogP contribution in [0.5, 0.6) is 0 Å². The van der Waals surface area contributed by atoms with Gasteiger partial charge in [-0.05, 0) is 82.2 Å². The Morgan fingerprint density at radius 1 is 0.963 bits per heavy atom. The van der Waals surface area contributed by atoms with Gasteiger partial charge in [0.2, 0.25) is 0 Å². The lowest BCUT2D eigenvalue weighted by Gasteiger charge is -2.21. The van der Waals surface area contributed by atoms with Crippen LogP contribution in [-0.4, -0.2) is 31.1 Å². The second-order valence-corrected chi connectivity index (χ2v) is 8.16. The molecule has 0 spiro atoms. The summed E-state index contributed by atoms with van der Waals surface area (Å²) in [5.74, 6) is 1.94. The molecule has 0 unspecified atom stereocenters. The molecule has 4 heteroatoms. The normalized spacial score (nSPS) is 11.4. The van der Waals surface area contributed by atoms with Crippen molar-refractivity contribution in [3.63, 3.8) is 0 Å². The average molecular weight is 435 g/mol. The van der Waals surface area contributed by atoms with Crippen LogP contribution in [0.15, 0.2) is 39.2 Å². The second-order valence-electron chi connectivity index (χ2n) is 7.31. The predicted octanol–water partition coefficient (Wildman–Crippen LogP) is 6.40. The fourth-order valence-electron chi connectivity index (χ4n) is 3.16. The second kappa shape index (κ2) is 12.4. The van der Waals surface area contributed by atoms with Crippen LogP contribution in [0.2, 0.25) is 0 Å². The summed E-state index contributed by atoms with van der Waals surface area (Å²) in [7, 11) is 0. The number of rotatable bonds is 13. The molecule has 0 bridgehead atoms. The van der Waals surface area contributed by atoms with Gasteiger partial charge in [-0.3, -0.25) is 0 Å². The maximum Gasteiger partial charge on any atom is 0.134 e. The Labute approximate surface area is 173 Å². The molecular formula is C23H35BrN2O. The van der Waals surface area contributed by atoms with E-state index in [0.29, 0.717) is 0 Å². The van der Waals surface area contributed by atoms with E-state index in [1.165, 1.54) is 57.3 Å². The van der Waals surface area contributed by atoms with Crippen molar-refractivity contribution in [3.05, 3.63) is 46.1 Å². The molecule has 1 aromatic carbocycles. The largest absolute Gasteiger partial charge is 0.460 e. The van der Waals surface area contributed by atoms with Gasteiger partial charge in [-0.15, -0.1) is 0 Å². The first-order valence-electron chi connectivity index (χ1n) is 10.4. The number of hydrogen-bond donors (Lipinski definition) is 1. The summed E-state index contributed by atoms with van der Waals surface area (Å²) in [6.45, 7) is 12.1. The van der Waals surface area contributed by atoms with E-state index in [2.05, 4.69) is 77.2 Å². The van der Waals surface area contributed by atoms with Crippen molar-refractivity contribution in [1.82, 2.24) is 10.2 Å². The van der Waals surface area contributed by atoms with Crippen LogP contribution < -0.4 is 5.32 Å². The van der Waals surface area contributed by atoms with Crippen LogP contribution in [0.3, 0.4) is 0 Å². The average Bonchev–Trinajstić information content (AvgIpc) is 3.14. The molecule has 1 N–H and O–H groups in total. The quantitative estimate of drug-likeness (QED) is 0.369. The minimum absolute atomic E-state index is 0.791. The topological polar surface area (TPSA) is 28.4 Å². The SMILES string of the molecule is CCCCN(CCCC)CCCNCc1ccc(-c2ccc(Br)c(C)c2)o1. The molecule has 150 valence electrons. The molecule has 0 atom stereocenters. The summed E-state index contributed by atoms with van der Waals surface area (Å²) in [6.07, 6.45) is 6.36. The first kappa shape index (κ1) is 22.2. The van der Waals surface area contributed by atoms with E-state index in [4.69, 9.17) is 4.42 Å². The third-order valence-corrected chi connectivity index (χ3v) is 5.78. The summed E-state index contributed by atoms with van der Waals surface area (Å²) in [6, 6.07) is 10.5. The van der Waals surface area contributed by atoms with Gasteiger partial charge in [0.15, 0.2) is 0 Å². The van der Waals surface area contributed by atoms with Crippen molar-refractivity contribution in [2.24, 2.45) is 0 Å². The van der Waals surface area contributed by atoms with Gasteiger partial charge in [-0.2, -0.15) is 0 Å². The monoisotopic (exact) mass is 434 g/mol. The molecule has 1 heterocycles. The van der Waals surface area contributed by atoms with Crippen LogP contribution in [0.4, 0.5) is 0 Å². The molecular weight excluding hydrogens is 400 g/mol. The third-order valence-electron chi connectivity index (χ3n) is 4.89. The molecule has 3 nitrogen and oxygen atoms in total. The van der Waals surface area contributed by atoms with E-state index in [-0.39, 0.29) is 0 Å². The highest BCUT2D eigenvalue weighted by Gasteiger charge is 2.07.